The van der Waals surface area contributed by atoms with Crippen molar-refractivity contribution in [3.05, 3.63) is 28.8 Å². The van der Waals surface area contributed by atoms with Gasteiger partial charge in [0.1, 0.15) is 0 Å². The minimum Gasteiger partial charge on any atom is -0.383 e. The Morgan fingerprint density at radius 3 is 2.95 bits per heavy atom. The maximum atomic E-state index is 6.19. The van der Waals surface area contributed by atoms with Crippen LogP contribution in [0.25, 0.3) is 0 Å². The first-order valence-electron chi connectivity index (χ1n) is 7.88. The molecular weight excluding hydrogens is 284 g/mol. The van der Waals surface area contributed by atoms with E-state index in [9.17, 15) is 0 Å². The summed E-state index contributed by atoms with van der Waals surface area (Å²) in [6.45, 7) is 8.20. The molecule has 1 atom stereocenters. The number of ether oxygens (including phenoxy) is 1. The lowest BCUT2D eigenvalue weighted by Crippen LogP contribution is -2.34. The Morgan fingerprint density at radius 1 is 1.43 bits per heavy atom. The zero-order valence-electron chi connectivity index (χ0n) is 13.4. The summed E-state index contributed by atoms with van der Waals surface area (Å²) in [5, 5.41) is 4.24. The second-order valence-electron chi connectivity index (χ2n) is 6.09. The number of hydrogen-bond donors (Lipinski definition) is 1. The Kier molecular flexibility index (Phi) is 6.34. The molecule has 1 aromatic carbocycles. The van der Waals surface area contributed by atoms with Crippen LogP contribution in [0.5, 0.6) is 0 Å². The molecule has 118 valence electrons. The number of methoxy groups -OCH3 is 1. The standard InChI is InChI=1S/C17H27ClN2O/c1-13(2)16-5-4-9-20(16)17-7-6-15(18)11-14(17)12-19-8-10-21-3/h6-7,11,13,16,19H,4-5,8-10,12H2,1-3H3. The molecule has 1 fully saturated rings. The summed E-state index contributed by atoms with van der Waals surface area (Å²) in [4.78, 5) is 2.56. The van der Waals surface area contributed by atoms with Gasteiger partial charge in [0.05, 0.1) is 6.61 Å². The highest BCUT2D eigenvalue weighted by Gasteiger charge is 2.28. The highest BCUT2D eigenvalue weighted by atomic mass is 35.5. The first-order chi connectivity index (χ1) is 10.1. The number of nitrogens with zero attached hydrogens (tertiary/aromatic N) is 1. The summed E-state index contributed by atoms with van der Waals surface area (Å²) in [7, 11) is 1.73. The molecule has 0 saturated carbocycles. The van der Waals surface area contributed by atoms with E-state index in [1.165, 1.54) is 24.1 Å². The van der Waals surface area contributed by atoms with E-state index in [4.69, 9.17) is 16.3 Å². The van der Waals surface area contributed by atoms with Gasteiger partial charge in [-0.15, -0.1) is 0 Å². The van der Waals surface area contributed by atoms with Gasteiger partial charge < -0.3 is 15.0 Å². The maximum Gasteiger partial charge on any atom is 0.0587 e. The van der Waals surface area contributed by atoms with Crippen molar-refractivity contribution < 1.29 is 4.74 Å². The maximum absolute atomic E-state index is 6.19. The van der Waals surface area contributed by atoms with Crippen LogP contribution >= 0.6 is 11.6 Å². The summed E-state index contributed by atoms with van der Waals surface area (Å²) >= 11 is 6.19. The molecule has 1 aliphatic heterocycles. The SMILES string of the molecule is COCCNCc1cc(Cl)ccc1N1CCCC1C(C)C. The Morgan fingerprint density at radius 2 is 2.24 bits per heavy atom. The number of anilines is 1. The van der Waals surface area contributed by atoms with Crippen molar-refractivity contribution in [1.82, 2.24) is 5.32 Å². The largest absolute Gasteiger partial charge is 0.383 e. The number of benzene rings is 1. The molecular formula is C17H27ClN2O. The number of halogens is 1. The predicted octanol–water partition coefficient (Wildman–Crippen LogP) is 3.70. The fraction of sp³-hybridized carbons (Fsp3) is 0.647. The van der Waals surface area contributed by atoms with Crippen molar-refractivity contribution in [2.45, 2.75) is 39.3 Å². The third-order valence-electron chi connectivity index (χ3n) is 4.22. The van der Waals surface area contributed by atoms with Crippen molar-refractivity contribution in [1.29, 1.82) is 0 Å². The highest BCUT2D eigenvalue weighted by Crippen LogP contribution is 2.33. The van der Waals surface area contributed by atoms with Crippen LogP contribution in [0.2, 0.25) is 5.02 Å². The fourth-order valence-corrected chi connectivity index (χ4v) is 3.35. The molecule has 4 heteroatoms. The van der Waals surface area contributed by atoms with Crippen molar-refractivity contribution in [2.75, 3.05) is 31.7 Å². The molecule has 0 bridgehead atoms. The molecule has 0 aromatic heterocycles. The number of nitrogens with one attached hydrogen (secondary N) is 1. The van der Waals surface area contributed by atoms with Crippen molar-refractivity contribution >= 4 is 17.3 Å². The lowest BCUT2D eigenvalue weighted by molar-refractivity contribution is 0.199. The Labute approximate surface area is 133 Å². The van der Waals surface area contributed by atoms with Crippen LogP contribution in [-0.4, -0.2) is 32.8 Å². The van der Waals surface area contributed by atoms with Crippen LogP contribution in [0, 0.1) is 5.92 Å². The van der Waals surface area contributed by atoms with Crippen LogP contribution in [-0.2, 0) is 11.3 Å². The molecule has 1 aliphatic rings. The topological polar surface area (TPSA) is 24.5 Å². The van der Waals surface area contributed by atoms with Gasteiger partial charge >= 0.3 is 0 Å². The molecule has 1 heterocycles. The molecule has 3 nitrogen and oxygen atoms in total. The lowest BCUT2D eigenvalue weighted by atomic mass is 10.0. The van der Waals surface area contributed by atoms with Crippen LogP contribution in [0.3, 0.4) is 0 Å². The molecule has 0 radical (unpaired) electrons. The molecule has 21 heavy (non-hydrogen) atoms. The Balaban J connectivity index is 2.14. The van der Waals surface area contributed by atoms with Gasteiger partial charge in [-0.3, -0.25) is 0 Å². The second kappa shape index (κ2) is 8.02. The summed E-state index contributed by atoms with van der Waals surface area (Å²) in [5.74, 6) is 0.678. The van der Waals surface area contributed by atoms with Gasteiger partial charge in [-0.05, 0) is 42.5 Å². The van der Waals surface area contributed by atoms with E-state index in [1.54, 1.807) is 7.11 Å². The summed E-state index contributed by atoms with van der Waals surface area (Å²) in [6, 6.07) is 6.91. The fourth-order valence-electron chi connectivity index (χ4n) is 3.16. The first-order valence-corrected chi connectivity index (χ1v) is 8.26. The molecule has 0 spiro atoms. The summed E-state index contributed by atoms with van der Waals surface area (Å²) in [6.07, 6.45) is 2.57. The monoisotopic (exact) mass is 310 g/mol. The predicted molar refractivity (Wildman–Crippen MR) is 90.2 cm³/mol. The van der Waals surface area contributed by atoms with E-state index in [0.717, 1.165) is 31.3 Å². The van der Waals surface area contributed by atoms with Crippen molar-refractivity contribution in [2.24, 2.45) is 5.92 Å². The Bertz CT molecular complexity index is 450. The van der Waals surface area contributed by atoms with Gasteiger partial charge in [-0.25, -0.2) is 0 Å². The third-order valence-corrected chi connectivity index (χ3v) is 4.45. The minimum atomic E-state index is 0.643. The smallest absolute Gasteiger partial charge is 0.0587 e. The van der Waals surface area contributed by atoms with Crippen LogP contribution in [0.1, 0.15) is 32.3 Å². The summed E-state index contributed by atoms with van der Waals surface area (Å²) in [5.41, 5.74) is 2.62. The highest BCUT2D eigenvalue weighted by molar-refractivity contribution is 6.30. The molecule has 1 aromatic rings. The lowest BCUT2D eigenvalue weighted by Gasteiger charge is -2.31. The number of hydrogen-bond acceptors (Lipinski definition) is 3. The van der Waals surface area contributed by atoms with E-state index in [1.807, 2.05) is 6.07 Å². The normalized spacial score (nSPS) is 18.7. The van der Waals surface area contributed by atoms with Gasteiger partial charge in [0.2, 0.25) is 0 Å². The second-order valence-corrected chi connectivity index (χ2v) is 6.53. The van der Waals surface area contributed by atoms with E-state index < -0.39 is 0 Å². The van der Waals surface area contributed by atoms with E-state index >= 15 is 0 Å². The van der Waals surface area contributed by atoms with Gasteiger partial charge in [0.25, 0.3) is 0 Å². The van der Waals surface area contributed by atoms with Crippen LogP contribution in [0.4, 0.5) is 5.69 Å². The molecule has 1 unspecified atom stereocenters. The van der Waals surface area contributed by atoms with Crippen LogP contribution < -0.4 is 10.2 Å². The molecule has 0 aliphatic carbocycles. The van der Waals surface area contributed by atoms with Crippen LogP contribution in [0.15, 0.2) is 18.2 Å². The zero-order valence-corrected chi connectivity index (χ0v) is 14.1. The van der Waals surface area contributed by atoms with Gasteiger partial charge in [-0.1, -0.05) is 25.4 Å². The molecule has 1 saturated heterocycles. The molecule has 1 N–H and O–H groups in total. The Hall–Kier alpha value is -0.770. The van der Waals surface area contributed by atoms with Crippen molar-refractivity contribution in [3.63, 3.8) is 0 Å². The summed E-state index contributed by atoms with van der Waals surface area (Å²) < 4.78 is 5.08. The quantitative estimate of drug-likeness (QED) is 0.777. The third kappa shape index (κ3) is 4.35. The van der Waals surface area contributed by atoms with E-state index in [2.05, 4.69) is 36.2 Å². The van der Waals surface area contributed by atoms with Gasteiger partial charge in [0.15, 0.2) is 0 Å². The molecule has 2 rings (SSSR count). The van der Waals surface area contributed by atoms with Gasteiger partial charge in [0, 0.05) is 43.5 Å². The van der Waals surface area contributed by atoms with Gasteiger partial charge in [-0.2, -0.15) is 0 Å². The minimum absolute atomic E-state index is 0.643. The first kappa shape index (κ1) is 16.6. The average Bonchev–Trinajstić information content (AvgIpc) is 2.93. The van der Waals surface area contributed by atoms with Crippen molar-refractivity contribution in [3.8, 4) is 0 Å². The zero-order chi connectivity index (χ0) is 15.2. The van der Waals surface area contributed by atoms with E-state index in [-0.39, 0.29) is 0 Å². The average molecular weight is 311 g/mol. The van der Waals surface area contributed by atoms with E-state index in [0.29, 0.717) is 12.0 Å². The number of rotatable bonds is 7. The molecule has 0 amide bonds.